The maximum Gasteiger partial charge on any atom is 0.0813 e. The van der Waals surface area contributed by atoms with E-state index in [1.165, 1.54) is 18.4 Å². The van der Waals surface area contributed by atoms with Gasteiger partial charge in [-0.25, -0.2) is 0 Å². The predicted molar refractivity (Wildman–Crippen MR) is 88.1 cm³/mol. The molecule has 2 aromatic rings. The fourth-order valence-corrected chi connectivity index (χ4v) is 2.70. The van der Waals surface area contributed by atoms with Gasteiger partial charge in [-0.15, -0.1) is 0 Å². The van der Waals surface area contributed by atoms with Gasteiger partial charge in [0.1, 0.15) is 0 Å². The average molecular weight is 279 g/mol. The highest BCUT2D eigenvalue weighted by Crippen LogP contribution is 2.56. The van der Waals surface area contributed by atoms with Gasteiger partial charge in [-0.05, 0) is 47.9 Å². The number of benzene rings is 1. The Morgan fingerprint density at radius 1 is 1.29 bits per heavy atom. The van der Waals surface area contributed by atoms with E-state index in [0.29, 0.717) is 11.3 Å². The van der Waals surface area contributed by atoms with Gasteiger partial charge in [0.25, 0.3) is 0 Å². The minimum absolute atomic E-state index is 0.421. The molecule has 1 fully saturated rings. The first-order valence-electron chi connectivity index (χ1n) is 7.43. The molecule has 0 radical (unpaired) electrons. The van der Waals surface area contributed by atoms with Gasteiger partial charge in [0.05, 0.1) is 11.9 Å². The smallest absolute Gasteiger partial charge is 0.0813 e. The molecule has 1 aromatic carbocycles. The summed E-state index contributed by atoms with van der Waals surface area (Å²) in [6, 6.07) is 9.98. The van der Waals surface area contributed by atoms with E-state index in [1.54, 1.807) is 12.4 Å². The van der Waals surface area contributed by atoms with E-state index in [-0.39, 0.29) is 0 Å². The van der Waals surface area contributed by atoms with E-state index in [9.17, 15) is 0 Å². The monoisotopic (exact) mass is 279 g/mol. The molecule has 1 aromatic heterocycles. The zero-order valence-electron chi connectivity index (χ0n) is 12.6. The third-order valence-corrected chi connectivity index (χ3v) is 4.71. The van der Waals surface area contributed by atoms with E-state index in [1.807, 2.05) is 30.5 Å². The molecule has 108 valence electrons. The second-order valence-corrected chi connectivity index (χ2v) is 6.20. The zero-order valence-corrected chi connectivity index (χ0v) is 12.6. The zero-order chi connectivity index (χ0) is 14.9. The van der Waals surface area contributed by atoms with Gasteiger partial charge >= 0.3 is 0 Å². The van der Waals surface area contributed by atoms with Crippen LogP contribution in [0.2, 0.25) is 0 Å². The van der Waals surface area contributed by atoms with Crippen LogP contribution in [0.5, 0.6) is 0 Å². The Morgan fingerprint density at radius 2 is 2.10 bits per heavy atom. The summed E-state index contributed by atoms with van der Waals surface area (Å²) in [5, 5.41) is 0. The van der Waals surface area contributed by atoms with Crippen LogP contribution in [-0.4, -0.2) is 11.2 Å². The lowest BCUT2D eigenvalue weighted by atomic mass is 9.83. The van der Waals surface area contributed by atoms with E-state index in [0.717, 1.165) is 16.9 Å². The van der Waals surface area contributed by atoms with Gasteiger partial charge in [0.15, 0.2) is 0 Å². The Morgan fingerprint density at radius 3 is 2.76 bits per heavy atom. The van der Waals surface area contributed by atoms with Crippen LogP contribution in [0.1, 0.15) is 43.7 Å². The highest BCUT2D eigenvalue weighted by molar-refractivity contribution is 5.90. The minimum atomic E-state index is 0.421. The number of nitrogen functional groups attached to an aromatic ring is 1. The topological polar surface area (TPSA) is 51.3 Å². The molecule has 1 unspecified atom stereocenters. The van der Waals surface area contributed by atoms with Crippen molar-refractivity contribution in [2.45, 2.75) is 32.6 Å². The number of rotatable bonds is 4. The Balaban J connectivity index is 1.96. The van der Waals surface area contributed by atoms with E-state index in [4.69, 9.17) is 5.73 Å². The lowest BCUT2D eigenvalue weighted by Crippen LogP contribution is -2.10. The quantitative estimate of drug-likeness (QED) is 0.669. The molecule has 1 heterocycles. The SMILES string of the molecule is CC(c1cccc(N)c1C=Nc1cccnc1)C1(C)CC1. The van der Waals surface area contributed by atoms with Gasteiger partial charge in [-0.2, -0.15) is 0 Å². The van der Waals surface area contributed by atoms with Gasteiger partial charge < -0.3 is 5.73 Å². The Hall–Kier alpha value is -2.16. The van der Waals surface area contributed by atoms with E-state index < -0.39 is 0 Å². The van der Waals surface area contributed by atoms with Gasteiger partial charge in [-0.1, -0.05) is 26.0 Å². The second-order valence-electron chi connectivity index (χ2n) is 6.20. The van der Waals surface area contributed by atoms with Crippen LogP contribution in [0.15, 0.2) is 47.7 Å². The summed E-state index contributed by atoms with van der Waals surface area (Å²) in [4.78, 5) is 8.60. The maximum atomic E-state index is 6.18. The molecule has 0 bridgehead atoms. The average Bonchev–Trinajstić information content (AvgIpc) is 3.25. The Bertz CT molecular complexity index is 657. The van der Waals surface area contributed by atoms with Gasteiger partial charge in [-0.3, -0.25) is 9.98 Å². The molecule has 1 aliphatic carbocycles. The van der Waals surface area contributed by atoms with Crippen LogP contribution < -0.4 is 5.73 Å². The summed E-state index contributed by atoms with van der Waals surface area (Å²) in [5.74, 6) is 0.497. The van der Waals surface area contributed by atoms with Crippen molar-refractivity contribution < 1.29 is 0 Å². The number of hydrogen-bond donors (Lipinski definition) is 1. The van der Waals surface area contributed by atoms with Crippen LogP contribution in [0, 0.1) is 5.41 Å². The summed E-state index contributed by atoms with van der Waals surface area (Å²) in [6.45, 7) is 4.64. The second kappa shape index (κ2) is 5.32. The maximum absolute atomic E-state index is 6.18. The molecule has 0 aliphatic heterocycles. The Labute approximate surface area is 125 Å². The molecular formula is C18H21N3. The normalized spacial score (nSPS) is 17.8. The molecule has 1 atom stereocenters. The molecular weight excluding hydrogens is 258 g/mol. The summed E-state index contributed by atoms with van der Waals surface area (Å²) in [7, 11) is 0. The molecule has 0 saturated heterocycles. The van der Waals surface area contributed by atoms with Crippen molar-refractivity contribution in [2.24, 2.45) is 10.4 Å². The van der Waals surface area contributed by atoms with Crippen LogP contribution >= 0.6 is 0 Å². The number of anilines is 1. The molecule has 0 amide bonds. The van der Waals surface area contributed by atoms with Crippen LogP contribution in [0.4, 0.5) is 11.4 Å². The summed E-state index contributed by atoms with van der Waals surface area (Å²) < 4.78 is 0. The van der Waals surface area contributed by atoms with Gasteiger partial charge in [0, 0.05) is 23.7 Å². The lowest BCUT2D eigenvalue weighted by molar-refractivity contribution is 0.469. The van der Waals surface area contributed by atoms with E-state index >= 15 is 0 Å². The Kier molecular flexibility index (Phi) is 3.50. The largest absolute Gasteiger partial charge is 0.398 e. The molecule has 2 N–H and O–H groups in total. The highest BCUT2D eigenvalue weighted by Gasteiger charge is 2.43. The fourth-order valence-electron chi connectivity index (χ4n) is 2.70. The first-order chi connectivity index (χ1) is 10.1. The standard InChI is InChI=1S/C18H21N3/c1-13(18(2)8-9-18)15-6-3-7-17(19)16(15)12-21-14-5-4-10-20-11-14/h3-7,10-13H,8-9,19H2,1-2H3. The molecule has 3 heteroatoms. The molecule has 3 nitrogen and oxygen atoms in total. The van der Waals surface area contributed by atoms with Crippen molar-refractivity contribution in [2.75, 3.05) is 5.73 Å². The molecule has 0 spiro atoms. The first kappa shape index (κ1) is 13.8. The summed E-state index contributed by atoms with van der Waals surface area (Å²) in [5.41, 5.74) is 10.6. The number of pyridine rings is 1. The number of hydrogen-bond acceptors (Lipinski definition) is 3. The third kappa shape index (κ3) is 2.82. The van der Waals surface area contributed by atoms with Crippen molar-refractivity contribution >= 4 is 17.6 Å². The highest BCUT2D eigenvalue weighted by atomic mass is 14.8. The van der Waals surface area contributed by atoms with Crippen molar-refractivity contribution in [1.82, 2.24) is 4.98 Å². The van der Waals surface area contributed by atoms with Crippen molar-refractivity contribution in [3.05, 3.63) is 53.9 Å². The predicted octanol–water partition coefficient (Wildman–Crippen LogP) is 4.32. The van der Waals surface area contributed by atoms with Crippen LogP contribution in [0.3, 0.4) is 0 Å². The summed E-state index contributed by atoms with van der Waals surface area (Å²) >= 11 is 0. The number of aliphatic imine (C=N–C) groups is 1. The molecule has 21 heavy (non-hydrogen) atoms. The van der Waals surface area contributed by atoms with Crippen LogP contribution in [-0.2, 0) is 0 Å². The van der Waals surface area contributed by atoms with Crippen molar-refractivity contribution in [3.63, 3.8) is 0 Å². The molecule has 3 rings (SSSR count). The van der Waals surface area contributed by atoms with Gasteiger partial charge in [0.2, 0.25) is 0 Å². The molecule has 1 saturated carbocycles. The lowest BCUT2D eigenvalue weighted by Gasteiger charge is -2.22. The number of nitrogens with two attached hydrogens (primary N) is 1. The van der Waals surface area contributed by atoms with Crippen molar-refractivity contribution in [1.29, 1.82) is 0 Å². The van der Waals surface area contributed by atoms with Crippen LogP contribution in [0.25, 0.3) is 0 Å². The van der Waals surface area contributed by atoms with E-state index in [2.05, 4.69) is 29.9 Å². The third-order valence-electron chi connectivity index (χ3n) is 4.71. The number of aromatic nitrogens is 1. The number of nitrogens with zero attached hydrogens (tertiary/aromatic N) is 2. The summed E-state index contributed by atoms with van der Waals surface area (Å²) in [6.07, 6.45) is 7.96. The van der Waals surface area contributed by atoms with Crippen molar-refractivity contribution in [3.8, 4) is 0 Å². The first-order valence-corrected chi connectivity index (χ1v) is 7.43. The molecule has 1 aliphatic rings. The fraction of sp³-hybridized carbons (Fsp3) is 0.333. The minimum Gasteiger partial charge on any atom is -0.398 e.